The number of phenolic OH excluding ortho intramolecular Hbond substituents is 1. The maximum Gasteiger partial charge on any atom is 0.255 e. The molecule has 3 nitrogen and oxygen atoms in total. The van der Waals surface area contributed by atoms with Crippen molar-refractivity contribution in [1.82, 2.24) is 0 Å². The van der Waals surface area contributed by atoms with Crippen LogP contribution in [0.1, 0.15) is 21.5 Å². The molecule has 2 aromatic carbocycles. The number of rotatable bonds is 2. The lowest BCUT2D eigenvalue weighted by Crippen LogP contribution is -2.11. The van der Waals surface area contributed by atoms with Gasteiger partial charge in [-0.15, -0.1) is 0 Å². The number of hydrogen-bond acceptors (Lipinski definition) is 2. The van der Waals surface area contributed by atoms with Crippen LogP contribution >= 0.6 is 0 Å². The molecule has 0 aliphatic heterocycles. The first kappa shape index (κ1) is 12.2. The van der Waals surface area contributed by atoms with Crippen molar-refractivity contribution in [3.63, 3.8) is 0 Å². The fourth-order valence-electron chi connectivity index (χ4n) is 1.72. The lowest BCUT2D eigenvalue weighted by atomic mass is 10.1. The summed E-state index contributed by atoms with van der Waals surface area (Å²) in [7, 11) is 0. The average molecular weight is 241 g/mol. The van der Waals surface area contributed by atoms with Crippen molar-refractivity contribution in [1.29, 1.82) is 0 Å². The highest BCUT2D eigenvalue weighted by Gasteiger charge is 2.06. The fraction of sp³-hybridized carbons (Fsp3) is 0.133. The van der Waals surface area contributed by atoms with Crippen molar-refractivity contribution in [2.75, 3.05) is 5.32 Å². The number of anilines is 1. The molecule has 0 spiro atoms. The minimum atomic E-state index is -0.149. The van der Waals surface area contributed by atoms with Crippen LogP contribution in [0.2, 0.25) is 0 Å². The Morgan fingerprint density at radius 2 is 1.89 bits per heavy atom. The third-order valence-corrected chi connectivity index (χ3v) is 2.73. The molecule has 2 rings (SSSR count). The Bertz CT molecular complexity index is 591. The highest BCUT2D eigenvalue weighted by Crippen LogP contribution is 2.20. The third kappa shape index (κ3) is 2.69. The van der Waals surface area contributed by atoms with Gasteiger partial charge in [0.1, 0.15) is 5.75 Å². The van der Waals surface area contributed by atoms with Gasteiger partial charge in [-0.25, -0.2) is 0 Å². The number of aryl methyl sites for hydroxylation is 2. The number of benzene rings is 2. The van der Waals surface area contributed by atoms with Gasteiger partial charge < -0.3 is 10.4 Å². The number of carbonyl (C=O) groups is 1. The summed E-state index contributed by atoms with van der Waals surface area (Å²) < 4.78 is 0. The monoisotopic (exact) mass is 241 g/mol. The molecule has 0 saturated carbocycles. The highest BCUT2D eigenvalue weighted by molar-refractivity contribution is 6.04. The number of aromatic hydroxyl groups is 1. The van der Waals surface area contributed by atoms with E-state index < -0.39 is 0 Å². The Kier molecular flexibility index (Phi) is 3.33. The SMILES string of the molecule is Cc1cccc(C(=O)Nc2ccc(O)c(C)c2)c1. The Morgan fingerprint density at radius 1 is 1.11 bits per heavy atom. The number of phenols is 1. The molecule has 1 amide bonds. The van der Waals surface area contributed by atoms with E-state index in [1.807, 2.05) is 25.1 Å². The molecular weight excluding hydrogens is 226 g/mol. The van der Waals surface area contributed by atoms with Crippen molar-refractivity contribution in [3.8, 4) is 5.75 Å². The summed E-state index contributed by atoms with van der Waals surface area (Å²) >= 11 is 0. The normalized spacial score (nSPS) is 10.1. The molecular formula is C15H15NO2. The molecule has 0 aromatic heterocycles. The van der Waals surface area contributed by atoms with Gasteiger partial charge in [0.05, 0.1) is 0 Å². The molecule has 0 atom stereocenters. The second kappa shape index (κ2) is 4.92. The summed E-state index contributed by atoms with van der Waals surface area (Å²) in [6.07, 6.45) is 0. The second-order valence-corrected chi connectivity index (χ2v) is 4.32. The zero-order valence-electron chi connectivity index (χ0n) is 10.4. The molecule has 0 saturated heterocycles. The maximum absolute atomic E-state index is 12.0. The van der Waals surface area contributed by atoms with E-state index in [9.17, 15) is 9.90 Å². The van der Waals surface area contributed by atoms with E-state index in [1.54, 1.807) is 31.2 Å². The predicted molar refractivity (Wildman–Crippen MR) is 72.0 cm³/mol. The van der Waals surface area contributed by atoms with E-state index in [4.69, 9.17) is 0 Å². The zero-order valence-corrected chi connectivity index (χ0v) is 10.4. The first-order valence-electron chi connectivity index (χ1n) is 5.74. The van der Waals surface area contributed by atoms with E-state index in [0.717, 1.165) is 11.1 Å². The van der Waals surface area contributed by atoms with Crippen molar-refractivity contribution in [2.24, 2.45) is 0 Å². The minimum absolute atomic E-state index is 0.149. The standard InChI is InChI=1S/C15H15NO2/c1-10-4-3-5-12(8-10)15(18)16-13-6-7-14(17)11(2)9-13/h3-9,17H,1-2H3,(H,16,18). The summed E-state index contributed by atoms with van der Waals surface area (Å²) in [5.41, 5.74) is 3.08. The summed E-state index contributed by atoms with van der Waals surface area (Å²) in [4.78, 5) is 12.0. The second-order valence-electron chi connectivity index (χ2n) is 4.32. The van der Waals surface area contributed by atoms with E-state index >= 15 is 0 Å². The fourth-order valence-corrected chi connectivity index (χ4v) is 1.72. The predicted octanol–water partition coefficient (Wildman–Crippen LogP) is 3.26. The summed E-state index contributed by atoms with van der Waals surface area (Å²) in [6.45, 7) is 3.74. The van der Waals surface area contributed by atoms with E-state index in [2.05, 4.69) is 5.32 Å². The first-order chi connectivity index (χ1) is 8.56. The Morgan fingerprint density at radius 3 is 2.56 bits per heavy atom. The van der Waals surface area contributed by atoms with Gasteiger partial charge in [-0.1, -0.05) is 17.7 Å². The molecule has 0 fully saturated rings. The number of carbonyl (C=O) groups excluding carboxylic acids is 1. The Balaban J connectivity index is 2.18. The number of hydrogen-bond donors (Lipinski definition) is 2. The van der Waals surface area contributed by atoms with Crippen LogP contribution in [0, 0.1) is 13.8 Å². The van der Waals surface area contributed by atoms with Crippen LogP contribution in [-0.4, -0.2) is 11.0 Å². The van der Waals surface area contributed by atoms with Gasteiger partial charge in [0, 0.05) is 11.3 Å². The summed E-state index contributed by atoms with van der Waals surface area (Å²) in [6, 6.07) is 12.4. The molecule has 0 bridgehead atoms. The molecule has 0 aliphatic rings. The van der Waals surface area contributed by atoms with Crippen molar-refractivity contribution >= 4 is 11.6 Å². The maximum atomic E-state index is 12.0. The van der Waals surface area contributed by atoms with Crippen LogP contribution in [0.15, 0.2) is 42.5 Å². The summed E-state index contributed by atoms with van der Waals surface area (Å²) in [5.74, 6) is 0.0762. The van der Waals surface area contributed by atoms with Crippen molar-refractivity contribution in [2.45, 2.75) is 13.8 Å². The molecule has 0 heterocycles. The Labute approximate surface area is 106 Å². The molecule has 0 aliphatic carbocycles. The molecule has 92 valence electrons. The lowest BCUT2D eigenvalue weighted by molar-refractivity contribution is 0.102. The molecule has 0 radical (unpaired) electrons. The van der Waals surface area contributed by atoms with Gasteiger partial charge in [-0.05, 0) is 49.7 Å². The van der Waals surface area contributed by atoms with Crippen molar-refractivity contribution < 1.29 is 9.90 Å². The smallest absolute Gasteiger partial charge is 0.255 e. The Hall–Kier alpha value is -2.29. The topological polar surface area (TPSA) is 49.3 Å². The third-order valence-electron chi connectivity index (χ3n) is 2.73. The van der Waals surface area contributed by atoms with Gasteiger partial charge in [0.2, 0.25) is 0 Å². The summed E-state index contributed by atoms with van der Waals surface area (Å²) in [5, 5.41) is 12.2. The van der Waals surface area contributed by atoms with Gasteiger partial charge in [0.15, 0.2) is 0 Å². The van der Waals surface area contributed by atoms with Gasteiger partial charge in [-0.3, -0.25) is 4.79 Å². The van der Waals surface area contributed by atoms with Crippen LogP contribution in [0.25, 0.3) is 0 Å². The number of amides is 1. The first-order valence-corrected chi connectivity index (χ1v) is 5.74. The highest BCUT2D eigenvalue weighted by atomic mass is 16.3. The van der Waals surface area contributed by atoms with E-state index in [0.29, 0.717) is 11.3 Å². The van der Waals surface area contributed by atoms with Gasteiger partial charge in [0.25, 0.3) is 5.91 Å². The molecule has 18 heavy (non-hydrogen) atoms. The molecule has 0 unspecified atom stereocenters. The molecule has 3 heteroatoms. The number of nitrogens with one attached hydrogen (secondary N) is 1. The van der Waals surface area contributed by atoms with Crippen molar-refractivity contribution in [3.05, 3.63) is 59.2 Å². The minimum Gasteiger partial charge on any atom is -0.508 e. The molecule has 2 aromatic rings. The van der Waals surface area contributed by atoms with Crippen LogP contribution in [0.4, 0.5) is 5.69 Å². The zero-order chi connectivity index (χ0) is 13.1. The quantitative estimate of drug-likeness (QED) is 0.793. The van der Waals surface area contributed by atoms with Crippen LogP contribution in [0.5, 0.6) is 5.75 Å². The van der Waals surface area contributed by atoms with Gasteiger partial charge >= 0.3 is 0 Å². The average Bonchev–Trinajstić information content (AvgIpc) is 2.34. The van der Waals surface area contributed by atoms with Crippen LogP contribution in [0.3, 0.4) is 0 Å². The van der Waals surface area contributed by atoms with Crippen LogP contribution in [-0.2, 0) is 0 Å². The van der Waals surface area contributed by atoms with Gasteiger partial charge in [-0.2, -0.15) is 0 Å². The van der Waals surface area contributed by atoms with E-state index in [1.165, 1.54) is 0 Å². The lowest BCUT2D eigenvalue weighted by Gasteiger charge is -2.07. The molecule has 2 N–H and O–H groups in total. The largest absolute Gasteiger partial charge is 0.508 e. The van der Waals surface area contributed by atoms with Crippen LogP contribution < -0.4 is 5.32 Å². The van der Waals surface area contributed by atoms with E-state index in [-0.39, 0.29) is 11.7 Å².